The van der Waals surface area contributed by atoms with Gasteiger partial charge in [-0.3, -0.25) is 0 Å². The van der Waals surface area contributed by atoms with E-state index in [4.69, 9.17) is 23.2 Å². The Bertz CT molecular complexity index is 280. The maximum atomic E-state index is 12.6. The second-order valence-corrected chi connectivity index (χ2v) is 3.15. The molecule has 1 nitrogen and oxygen atoms in total. The average Bonchev–Trinajstić information content (AvgIpc) is 2.01. The largest absolute Gasteiger partial charge is 0.233 e. The van der Waals surface area contributed by atoms with Crippen molar-refractivity contribution in [2.24, 2.45) is 0 Å². The summed E-state index contributed by atoms with van der Waals surface area (Å²) in [7, 11) is 0. The number of pyridine rings is 1. The fourth-order valence-electron chi connectivity index (χ4n) is 0.573. The molecule has 0 saturated heterocycles. The van der Waals surface area contributed by atoms with Crippen LogP contribution >= 0.6 is 39.1 Å². The highest BCUT2D eigenvalue weighted by atomic mass is 79.9. The SMILES string of the molecule is Fc1ncc(CBr)c(Cl)c1Cl. The zero-order chi connectivity index (χ0) is 8.43. The molecule has 0 aliphatic rings. The first-order valence-electron chi connectivity index (χ1n) is 2.71. The Morgan fingerprint density at radius 1 is 1.45 bits per heavy atom. The van der Waals surface area contributed by atoms with Gasteiger partial charge in [0.15, 0.2) is 0 Å². The Hall–Kier alpha value is 0.140. The smallest absolute Gasteiger partial charge is 0.227 e. The van der Waals surface area contributed by atoms with Gasteiger partial charge in [0, 0.05) is 17.1 Å². The highest BCUT2D eigenvalue weighted by Crippen LogP contribution is 2.27. The highest BCUT2D eigenvalue weighted by molar-refractivity contribution is 9.08. The third kappa shape index (κ3) is 1.83. The van der Waals surface area contributed by atoms with E-state index in [0.717, 1.165) is 0 Å². The van der Waals surface area contributed by atoms with Crippen LogP contribution in [-0.2, 0) is 5.33 Å². The fraction of sp³-hybridized carbons (Fsp3) is 0.167. The molecule has 0 unspecified atom stereocenters. The van der Waals surface area contributed by atoms with E-state index in [2.05, 4.69) is 20.9 Å². The summed E-state index contributed by atoms with van der Waals surface area (Å²) in [5.74, 6) is -0.735. The predicted octanol–water partition coefficient (Wildman–Crippen LogP) is 3.42. The Labute approximate surface area is 81.7 Å². The molecular formula is C6H3BrCl2FN. The molecule has 1 aromatic heterocycles. The van der Waals surface area contributed by atoms with Crippen LogP contribution in [0.1, 0.15) is 5.56 Å². The van der Waals surface area contributed by atoms with Gasteiger partial charge in [-0.2, -0.15) is 4.39 Å². The number of aromatic nitrogens is 1. The molecule has 0 aliphatic heterocycles. The summed E-state index contributed by atoms with van der Waals surface area (Å²) in [4.78, 5) is 3.40. The standard InChI is InChI=1S/C6H3BrCl2FN/c7-1-3-2-11-6(10)5(9)4(3)8/h2H,1H2. The molecule has 0 aromatic carbocycles. The lowest BCUT2D eigenvalue weighted by Gasteiger charge is -2.00. The molecule has 0 N–H and O–H groups in total. The molecule has 0 bridgehead atoms. The molecule has 0 amide bonds. The van der Waals surface area contributed by atoms with Crippen LogP contribution < -0.4 is 0 Å². The number of rotatable bonds is 1. The van der Waals surface area contributed by atoms with Crippen LogP contribution in [-0.4, -0.2) is 4.98 Å². The van der Waals surface area contributed by atoms with E-state index in [1.165, 1.54) is 6.20 Å². The highest BCUT2D eigenvalue weighted by Gasteiger charge is 2.09. The molecule has 5 heteroatoms. The van der Waals surface area contributed by atoms with Crippen molar-refractivity contribution in [2.45, 2.75) is 5.33 Å². The minimum Gasteiger partial charge on any atom is -0.227 e. The molecule has 0 saturated carbocycles. The normalized spacial score (nSPS) is 10.2. The van der Waals surface area contributed by atoms with Crippen molar-refractivity contribution in [3.05, 3.63) is 27.8 Å². The van der Waals surface area contributed by atoms with E-state index in [1.807, 2.05) is 0 Å². The summed E-state index contributed by atoms with van der Waals surface area (Å²) in [5.41, 5.74) is 0.679. The zero-order valence-electron chi connectivity index (χ0n) is 5.24. The summed E-state index contributed by atoms with van der Waals surface area (Å²) < 4.78 is 12.6. The summed E-state index contributed by atoms with van der Waals surface area (Å²) >= 11 is 14.3. The van der Waals surface area contributed by atoms with E-state index >= 15 is 0 Å². The number of alkyl halides is 1. The van der Waals surface area contributed by atoms with Gasteiger partial charge in [-0.1, -0.05) is 39.1 Å². The summed E-state index contributed by atoms with van der Waals surface area (Å²) in [6.45, 7) is 0. The van der Waals surface area contributed by atoms with Crippen molar-refractivity contribution < 1.29 is 4.39 Å². The van der Waals surface area contributed by atoms with Gasteiger partial charge in [0.1, 0.15) is 5.02 Å². The third-order valence-electron chi connectivity index (χ3n) is 1.13. The molecule has 0 aliphatic carbocycles. The maximum Gasteiger partial charge on any atom is 0.233 e. The summed E-state index contributed by atoms with van der Waals surface area (Å²) in [6, 6.07) is 0. The third-order valence-corrected chi connectivity index (χ3v) is 2.61. The van der Waals surface area contributed by atoms with Gasteiger partial charge in [-0.15, -0.1) is 0 Å². The van der Waals surface area contributed by atoms with E-state index < -0.39 is 5.95 Å². The molecule has 0 fully saturated rings. The van der Waals surface area contributed by atoms with Crippen LogP contribution in [0.2, 0.25) is 10.0 Å². The lowest BCUT2D eigenvalue weighted by atomic mass is 10.3. The fourth-order valence-corrected chi connectivity index (χ4v) is 1.52. The van der Waals surface area contributed by atoms with Crippen molar-refractivity contribution in [2.75, 3.05) is 0 Å². The first kappa shape index (κ1) is 9.23. The number of hydrogen-bond donors (Lipinski definition) is 0. The van der Waals surface area contributed by atoms with E-state index in [1.54, 1.807) is 0 Å². The van der Waals surface area contributed by atoms with Crippen LogP contribution in [0.25, 0.3) is 0 Å². The molecule has 1 rings (SSSR count). The Balaban J connectivity index is 3.25. The number of nitrogens with zero attached hydrogens (tertiary/aromatic N) is 1. The van der Waals surface area contributed by atoms with Crippen LogP contribution in [0.4, 0.5) is 4.39 Å². The zero-order valence-corrected chi connectivity index (χ0v) is 8.34. The molecule has 1 heterocycles. The minimum atomic E-state index is -0.735. The average molecular weight is 259 g/mol. The summed E-state index contributed by atoms with van der Waals surface area (Å²) in [5, 5.41) is 0.610. The van der Waals surface area contributed by atoms with Gasteiger partial charge in [-0.25, -0.2) is 4.98 Å². The van der Waals surface area contributed by atoms with E-state index in [-0.39, 0.29) is 10.0 Å². The second kappa shape index (κ2) is 3.70. The van der Waals surface area contributed by atoms with Crippen molar-refractivity contribution in [1.29, 1.82) is 0 Å². The Morgan fingerprint density at radius 2 is 2.09 bits per heavy atom. The van der Waals surface area contributed by atoms with Gasteiger partial charge in [0.25, 0.3) is 0 Å². The van der Waals surface area contributed by atoms with Crippen LogP contribution in [0.15, 0.2) is 6.20 Å². The Kier molecular flexibility index (Phi) is 3.10. The monoisotopic (exact) mass is 257 g/mol. The topological polar surface area (TPSA) is 12.9 Å². The van der Waals surface area contributed by atoms with Crippen molar-refractivity contribution in [3.8, 4) is 0 Å². The first-order chi connectivity index (χ1) is 5.16. The van der Waals surface area contributed by atoms with Gasteiger partial charge in [0.2, 0.25) is 5.95 Å². The lowest BCUT2D eigenvalue weighted by molar-refractivity contribution is 0.583. The number of halogens is 4. The Morgan fingerprint density at radius 3 is 2.64 bits per heavy atom. The van der Waals surface area contributed by atoms with Crippen LogP contribution in [0, 0.1) is 5.95 Å². The molecule has 11 heavy (non-hydrogen) atoms. The molecule has 0 radical (unpaired) electrons. The van der Waals surface area contributed by atoms with Crippen molar-refractivity contribution in [1.82, 2.24) is 4.98 Å². The van der Waals surface area contributed by atoms with Crippen LogP contribution in [0.5, 0.6) is 0 Å². The quantitative estimate of drug-likeness (QED) is 0.556. The lowest BCUT2D eigenvalue weighted by Crippen LogP contribution is -1.89. The molecule has 0 atom stereocenters. The van der Waals surface area contributed by atoms with Crippen molar-refractivity contribution in [3.63, 3.8) is 0 Å². The van der Waals surface area contributed by atoms with Gasteiger partial charge in [0.05, 0.1) is 5.02 Å². The van der Waals surface area contributed by atoms with Crippen LogP contribution in [0.3, 0.4) is 0 Å². The molecular weight excluding hydrogens is 256 g/mol. The number of hydrogen-bond acceptors (Lipinski definition) is 1. The van der Waals surface area contributed by atoms with E-state index in [0.29, 0.717) is 10.9 Å². The van der Waals surface area contributed by atoms with Gasteiger partial charge in [-0.05, 0) is 0 Å². The van der Waals surface area contributed by atoms with E-state index in [9.17, 15) is 4.39 Å². The van der Waals surface area contributed by atoms with Gasteiger partial charge >= 0.3 is 0 Å². The predicted molar refractivity (Wildman–Crippen MR) is 46.8 cm³/mol. The summed E-state index contributed by atoms with van der Waals surface area (Å²) in [6.07, 6.45) is 1.35. The minimum absolute atomic E-state index is 0.122. The molecule has 1 aromatic rings. The molecule has 0 spiro atoms. The van der Waals surface area contributed by atoms with Gasteiger partial charge < -0.3 is 0 Å². The second-order valence-electron chi connectivity index (χ2n) is 1.84. The van der Waals surface area contributed by atoms with Crippen molar-refractivity contribution >= 4 is 39.1 Å². The first-order valence-corrected chi connectivity index (χ1v) is 4.59. The molecule has 60 valence electrons. The maximum absolute atomic E-state index is 12.6.